The van der Waals surface area contributed by atoms with Crippen molar-refractivity contribution in [2.75, 3.05) is 33.7 Å². The SMILES string of the molecule is CN1CCC(N(C)Cc2ccc(F)c(C#CCN)c2)CC1. The van der Waals surface area contributed by atoms with E-state index in [-0.39, 0.29) is 12.4 Å². The zero-order chi connectivity index (χ0) is 15.2. The highest BCUT2D eigenvalue weighted by Gasteiger charge is 2.20. The van der Waals surface area contributed by atoms with Gasteiger partial charge in [-0.3, -0.25) is 4.90 Å². The topological polar surface area (TPSA) is 32.5 Å². The largest absolute Gasteiger partial charge is 0.320 e. The third-order valence-corrected chi connectivity index (χ3v) is 4.10. The number of piperidine rings is 1. The predicted molar refractivity (Wildman–Crippen MR) is 84.3 cm³/mol. The van der Waals surface area contributed by atoms with Gasteiger partial charge in [0, 0.05) is 12.6 Å². The van der Waals surface area contributed by atoms with Crippen molar-refractivity contribution < 1.29 is 4.39 Å². The summed E-state index contributed by atoms with van der Waals surface area (Å²) >= 11 is 0. The molecule has 1 fully saturated rings. The third-order valence-electron chi connectivity index (χ3n) is 4.10. The van der Waals surface area contributed by atoms with Crippen molar-refractivity contribution in [3.8, 4) is 11.8 Å². The van der Waals surface area contributed by atoms with Crippen LogP contribution in [0.3, 0.4) is 0 Å². The minimum Gasteiger partial charge on any atom is -0.320 e. The fourth-order valence-electron chi connectivity index (χ4n) is 2.77. The van der Waals surface area contributed by atoms with E-state index >= 15 is 0 Å². The van der Waals surface area contributed by atoms with Gasteiger partial charge in [0.05, 0.1) is 12.1 Å². The molecule has 0 saturated carbocycles. The monoisotopic (exact) mass is 289 g/mol. The highest BCUT2D eigenvalue weighted by Crippen LogP contribution is 2.18. The van der Waals surface area contributed by atoms with Crippen LogP contribution in [0, 0.1) is 17.7 Å². The van der Waals surface area contributed by atoms with Crippen molar-refractivity contribution in [1.82, 2.24) is 9.80 Å². The second-order valence-electron chi connectivity index (χ2n) is 5.77. The number of nitrogens with zero attached hydrogens (tertiary/aromatic N) is 2. The Morgan fingerprint density at radius 3 is 2.76 bits per heavy atom. The Labute approximate surface area is 126 Å². The molecule has 0 atom stereocenters. The molecule has 0 unspecified atom stereocenters. The van der Waals surface area contributed by atoms with Crippen LogP contribution in [0.25, 0.3) is 0 Å². The minimum absolute atomic E-state index is 0.249. The van der Waals surface area contributed by atoms with Crippen molar-refractivity contribution in [2.24, 2.45) is 5.73 Å². The zero-order valence-corrected chi connectivity index (χ0v) is 12.9. The molecule has 0 radical (unpaired) electrons. The molecule has 0 amide bonds. The highest BCUT2D eigenvalue weighted by molar-refractivity contribution is 5.38. The first kappa shape index (κ1) is 16.0. The van der Waals surface area contributed by atoms with E-state index in [4.69, 9.17) is 5.73 Å². The van der Waals surface area contributed by atoms with E-state index in [9.17, 15) is 4.39 Å². The summed E-state index contributed by atoms with van der Waals surface area (Å²) in [4.78, 5) is 4.73. The van der Waals surface area contributed by atoms with Crippen LogP contribution in [0.2, 0.25) is 0 Å². The molecular formula is C17H24FN3. The molecule has 1 aliphatic rings. The molecule has 2 rings (SSSR count). The summed E-state index contributed by atoms with van der Waals surface area (Å²) in [5.41, 5.74) is 6.88. The summed E-state index contributed by atoms with van der Waals surface area (Å²) < 4.78 is 13.7. The molecule has 1 aromatic carbocycles. The van der Waals surface area contributed by atoms with Gasteiger partial charge in [-0.15, -0.1) is 0 Å². The lowest BCUT2D eigenvalue weighted by Crippen LogP contribution is -2.41. The van der Waals surface area contributed by atoms with Gasteiger partial charge in [-0.2, -0.15) is 0 Å². The molecule has 4 heteroatoms. The van der Waals surface area contributed by atoms with Crippen molar-refractivity contribution >= 4 is 0 Å². The zero-order valence-electron chi connectivity index (χ0n) is 12.9. The van der Waals surface area contributed by atoms with Gasteiger partial charge in [-0.25, -0.2) is 4.39 Å². The average Bonchev–Trinajstić information content (AvgIpc) is 2.48. The number of nitrogens with two attached hydrogens (primary N) is 1. The van der Waals surface area contributed by atoms with Crippen LogP contribution in [0.4, 0.5) is 4.39 Å². The van der Waals surface area contributed by atoms with Crippen LogP contribution >= 0.6 is 0 Å². The van der Waals surface area contributed by atoms with Gasteiger partial charge in [0.25, 0.3) is 0 Å². The summed E-state index contributed by atoms with van der Waals surface area (Å²) in [5, 5.41) is 0. The molecular weight excluding hydrogens is 265 g/mol. The molecule has 2 N–H and O–H groups in total. The summed E-state index contributed by atoms with van der Waals surface area (Å²) in [6, 6.07) is 5.78. The summed E-state index contributed by atoms with van der Waals surface area (Å²) in [6.07, 6.45) is 2.38. The summed E-state index contributed by atoms with van der Waals surface area (Å²) in [5.74, 6) is 5.23. The molecule has 114 valence electrons. The maximum atomic E-state index is 13.7. The summed E-state index contributed by atoms with van der Waals surface area (Å²) in [6.45, 7) is 3.36. The van der Waals surface area contributed by atoms with Crippen LogP contribution in [0.1, 0.15) is 24.0 Å². The maximum absolute atomic E-state index is 13.7. The van der Waals surface area contributed by atoms with E-state index in [1.54, 1.807) is 0 Å². The Kier molecular flexibility index (Phi) is 5.75. The Hall–Kier alpha value is -1.41. The number of hydrogen-bond donors (Lipinski definition) is 1. The quantitative estimate of drug-likeness (QED) is 0.859. The number of benzene rings is 1. The molecule has 1 aliphatic heterocycles. The van der Waals surface area contributed by atoms with Crippen molar-refractivity contribution in [3.05, 3.63) is 35.1 Å². The lowest BCUT2D eigenvalue weighted by atomic mass is 10.0. The first-order chi connectivity index (χ1) is 10.1. The maximum Gasteiger partial charge on any atom is 0.138 e. The van der Waals surface area contributed by atoms with Gasteiger partial charge in [0.1, 0.15) is 5.82 Å². The molecule has 3 nitrogen and oxygen atoms in total. The Morgan fingerprint density at radius 1 is 1.38 bits per heavy atom. The van der Waals surface area contributed by atoms with E-state index < -0.39 is 0 Å². The molecule has 0 aromatic heterocycles. The van der Waals surface area contributed by atoms with Gasteiger partial charge in [0.15, 0.2) is 0 Å². The predicted octanol–water partition coefficient (Wildman–Crippen LogP) is 1.66. The molecule has 21 heavy (non-hydrogen) atoms. The fraction of sp³-hybridized carbons (Fsp3) is 0.529. The average molecular weight is 289 g/mol. The Balaban J connectivity index is 2.02. The first-order valence-corrected chi connectivity index (χ1v) is 7.46. The van der Waals surface area contributed by atoms with Gasteiger partial charge < -0.3 is 10.6 Å². The molecule has 0 aliphatic carbocycles. The fourth-order valence-corrected chi connectivity index (χ4v) is 2.77. The standard InChI is InChI=1S/C17H24FN3/c1-20-10-7-16(8-11-20)21(2)13-14-5-6-17(18)15(12-14)4-3-9-19/h5-6,12,16H,7-11,13,19H2,1-2H3. The van der Waals surface area contributed by atoms with E-state index in [0.717, 1.165) is 25.2 Å². The van der Waals surface area contributed by atoms with Gasteiger partial charge in [-0.1, -0.05) is 17.9 Å². The van der Waals surface area contributed by atoms with Crippen molar-refractivity contribution in [2.45, 2.75) is 25.4 Å². The van der Waals surface area contributed by atoms with Crippen molar-refractivity contribution in [1.29, 1.82) is 0 Å². The van der Waals surface area contributed by atoms with Crippen molar-refractivity contribution in [3.63, 3.8) is 0 Å². The lowest BCUT2D eigenvalue weighted by molar-refractivity contribution is 0.139. The number of halogens is 1. The second kappa shape index (κ2) is 7.56. The molecule has 0 bridgehead atoms. The minimum atomic E-state index is -0.276. The lowest BCUT2D eigenvalue weighted by Gasteiger charge is -2.35. The number of likely N-dealkylation sites (tertiary alicyclic amines) is 1. The van der Waals surface area contributed by atoms with Crippen LogP contribution in [-0.4, -0.2) is 49.6 Å². The highest BCUT2D eigenvalue weighted by atomic mass is 19.1. The number of hydrogen-bond acceptors (Lipinski definition) is 3. The third kappa shape index (κ3) is 4.53. The van der Waals surface area contributed by atoms with E-state index in [1.165, 1.54) is 18.9 Å². The Bertz CT molecular complexity index is 525. The summed E-state index contributed by atoms with van der Waals surface area (Å²) in [7, 11) is 4.31. The van der Waals surface area contributed by atoms with E-state index in [2.05, 4.69) is 35.7 Å². The second-order valence-corrected chi connectivity index (χ2v) is 5.77. The van der Waals surface area contributed by atoms with Gasteiger partial charge >= 0.3 is 0 Å². The Morgan fingerprint density at radius 2 is 2.10 bits per heavy atom. The van der Waals surface area contributed by atoms with Crippen LogP contribution in [0.5, 0.6) is 0 Å². The van der Waals surface area contributed by atoms with Crippen LogP contribution < -0.4 is 5.73 Å². The van der Waals surface area contributed by atoms with E-state index in [1.807, 2.05) is 12.1 Å². The first-order valence-electron chi connectivity index (χ1n) is 7.46. The molecule has 1 aromatic rings. The van der Waals surface area contributed by atoms with E-state index in [0.29, 0.717) is 11.6 Å². The van der Waals surface area contributed by atoms with Crippen LogP contribution in [0.15, 0.2) is 18.2 Å². The molecule has 1 saturated heterocycles. The molecule has 1 heterocycles. The van der Waals surface area contributed by atoms with Gasteiger partial charge in [0.2, 0.25) is 0 Å². The smallest absolute Gasteiger partial charge is 0.138 e. The molecule has 0 spiro atoms. The van der Waals surface area contributed by atoms with Gasteiger partial charge in [-0.05, 0) is 57.7 Å². The normalized spacial score (nSPS) is 16.8. The number of rotatable bonds is 3. The van der Waals surface area contributed by atoms with Crippen LogP contribution in [-0.2, 0) is 6.54 Å².